The lowest BCUT2D eigenvalue weighted by Gasteiger charge is -2.23. The molecule has 0 N–H and O–H groups in total. The van der Waals surface area contributed by atoms with Crippen molar-refractivity contribution in [2.45, 2.75) is 46.0 Å². The molecular formula is C17H22. The molecule has 0 fully saturated rings. The lowest BCUT2D eigenvalue weighted by molar-refractivity contribution is 0.651. The molecule has 17 heavy (non-hydrogen) atoms. The first-order valence-corrected chi connectivity index (χ1v) is 6.71. The van der Waals surface area contributed by atoms with Crippen LogP contribution in [0.25, 0.3) is 5.57 Å². The molecule has 0 radical (unpaired) electrons. The monoisotopic (exact) mass is 226 g/mol. The highest BCUT2D eigenvalue weighted by atomic mass is 14.4. The van der Waals surface area contributed by atoms with E-state index in [-0.39, 0.29) is 5.41 Å². The Morgan fingerprint density at radius 1 is 1.06 bits per heavy atom. The van der Waals surface area contributed by atoms with E-state index >= 15 is 0 Å². The van der Waals surface area contributed by atoms with Crippen molar-refractivity contribution in [1.29, 1.82) is 0 Å². The first kappa shape index (κ1) is 12.2. The molecule has 0 atom stereocenters. The van der Waals surface area contributed by atoms with E-state index in [1.165, 1.54) is 29.5 Å². The maximum Gasteiger partial charge on any atom is 0.0155 e. The zero-order chi connectivity index (χ0) is 12.5. The molecular weight excluding hydrogens is 204 g/mol. The van der Waals surface area contributed by atoms with Crippen molar-refractivity contribution in [2.75, 3.05) is 0 Å². The fourth-order valence-electron chi connectivity index (χ4n) is 2.97. The van der Waals surface area contributed by atoms with Crippen LogP contribution in [0.3, 0.4) is 0 Å². The van der Waals surface area contributed by atoms with Gasteiger partial charge in [0.25, 0.3) is 0 Å². The number of allylic oxidation sites excluding steroid dienone is 4. The molecule has 90 valence electrons. The third-order valence-corrected chi connectivity index (χ3v) is 3.77. The number of hydrogen-bond donors (Lipinski definition) is 0. The molecule has 0 saturated carbocycles. The van der Waals surface area contributed by atoms with E-state index in [2.05, 4.69) is 50.3 Å². The summed E-state index contributed by atoms with van der Waals surface area (Å²) in [6, 6.07) is 8.87. The second kappa shape index (κ2) is 4.52. The maximum absolute atomic E-state index is 2.34. The van der Waals surface area contributed by atoms with Gasteiger partial charge in [-0.2, -0.15) is 0 Å². The Morgan fingerprint density at radius 2 is 1.76 bits per heavy atom. The van der Waals surface area contributed by atoms with Gasteiger partial charge < -0.3 is 0 Å². The number of rotatable bonds is 0. The summed E-state index contributed by atoms with van der Waals surface area (Å²) < 4.78 is 0. The van der Waals surface area contributed by atoms with Crippen LogP contribution in [0.4, 0.5) is 0 Å². The van der Waals surface area contributed by atoms with Crippen LogP contribution in [-0.4, -0.2) is 0 Å². The topological polar surface area (TPSA) is 0 Å². The highest BCUT2D eigenvalue weighted by Crippen LogP contribution is 2.49. The molecule has 1 aromatic carbocycles. The highest BCUT2D eigenvalue weighted by molar-refractivity contribution is 5.83. The van der Waals surface area contributed by atoms with Crippen LogP contribution in [-0.2, 0) is 5.41 Å². The summed E-state index contributed by atoms with van der Waals surface area (Å²) in [6.45, 7) is 8.67. The van der Waals surface area contributed by atoms with Crippen LogP contribution in [0.1, 0.15) is 51.7 Å². The molecule has 0 saturated heterocycles. The van der Waals surface area contributed by atoms with E-state index < -0.39 is 0 Å². The molecule has 0 aliphatic heterocycles. The fraction of sp³-hybridized carbons (Fsp3) is 0.412. The van der Waals surface area contributed by atoms with E-state index in [0.717, 1.165) is 0 Å². The predicted molar refractivity (Wildman–Crippen MR) is 76.1 cm³/mol. The van der Waals surface area contributed by atoms with Gasteiger partial charge in [-0.3, -0.25) is 0 Å². The van der Waals surface area contributed by atoms with Gasteiger partial charge >= 0.3 is 0 Å². The van der Waals surface area contributed by atoms with Crippen LogP contribution in [0, 0.1) is 0 Å². The number of fused-ring (bicyclic) bond motifs is 2. The zero-order valence-corrected chi connectivity index (χ0v) is 11.4. The molecule has 3 rings (SSSR count). The molecule has 0 bridgehead atoms. The predicted octanol–water partition coefficient (Wildman–Crippen LogP) is 5.11. The molecule has 0 heterocycles. The second-order valence-corrected chi connectivity index (χ2v) is 5.00. The van der Waals surface area contributed by atoms with Crippen molar-refractivity contribution in [1.82, 2.24) is 0 Å². The van der Waals surface area contributed by atoms with Gasteiger partial charge in [-0.05, 0) is 35.1 Å². The van der Waals surface area contributed by atoms with Gasteiger partial charge in [0.15, 0.2) is 0 Å². The van der Waals surface area contributed by atoms with Crippen LogP contribution < -0.4 is 0 Å². The Labute approximate surface area is 105 Å². The van der Waals surface area contributed by atoms with Crippen LogP contribution >= 0.6 is 0 Å². The Morgan fingerprint density at radius 3 is 2.53 bits per heavy atom. The summed E-state index contributed by atoms with van der Waals surface area (Å²) in [6.07, 6.45) is 7.06. The van der Waals surface area contributed by atoms with Gasteiger partial charge in [0, 0.05) is 5.41 Å². The Bertz CT molecular complexity index is 473. The third-order valence-electron chi connectivity index (χ3n) is 3.77. The summed E-state index contributed by atoms with van der Waals surface area (Å²) in [5.74, 6) is 0. The van der Waals surface area contributed by atoms with E-state index in [4.69, 9.17) is 0 Å². The SMILES string of the molecule is CC.CC1(C)C2=C(CCC=C2)c2ccccc21. The molecule has 0 unspecified atom stereocenters. The minimum atomic E-state index is 0.211. The quantitative estimate of drug-likeness (QED) is 0.577. The van der Waals surface area contributed by atoms with Crippen molar-refractivity contribution < 1.29 is 0 Å². The van der Waals surface area contributed by atoms with Crippen molar-refractivity contribution in [3.05, 3.63) is 53.1 Å². The summed E-state index contributed by atoms with van der Waals surface area (Å²) in [5.41, 5.74) is 6.32. The van der Waals surface area contributed by atoms with Gasteiger partial charge in [-0.15, -0.1) is 0 Å². The summed E-state index contributed by atoms with van der Waals surface area (Å²) in [7, 11) is 0. The lowest BCUT2D eigenvalue weighted by Crippen LogP contribution is -2.16. The molecule has 0 heteroatoms. The molecule has 0 aromatic heterocycles. The van der Waals surface area contributed by atoms with Crippen molar-refractivity contribution in [2.24, 2.45) is 0 Å². The Balaban J connectivity index is 0.000000514. The number of hydrogen-bond acceptors (Lipinski definition) is 0. The van der Waals surface area contributed by atoms with Crippen LogP contribution in [0.2, 0.25) is 0 Å². The average molecular weight is 226 g/mol. The van der Waals surface area contributed by atoms with Crippen molar-refractivity contribution in [3.63, 3.8) is 0 Å². The van der Waals surface area contributed by atoms with Crippen LogP contribution in [0.15, 0.2) is 42.0 Å². The van der Waals surface area contributed by atoms with E-state index in [1.54, 1.807) is 5.57 Å². The maximum atomic E-state index is 2.34. The minimum absolute atomic E-state index is 0.211. The van der Waals surface area contributed by atoms with Gasteiger partial charge in [-0.1, -0.05) is 64.1 Å². The van der Waals surface area contributed by atoms with E-state index in [9.17, 15) is 0 Å². The number of benzene rings is 1. The first-order chi connectivity index (χ1) is 8.21. The second-order valence-electron chi connectivity index (χ2n) is 5.00. The van der Waals surface area contributed by atoms with Crippen molar-refractivity contribution in [3.8, 4) is 0 Å². The van der Waals surface area contributed by atoms with Gasteiger partial charge in [0.1, 0.15) is 0 Å². The molecule has 0 nitrogen and oxygen atoms in total. The minimum Gasteiger partial charge on any atom is -0.0839 e. The Kier molecular flexibility index (Phi) is 3.24. The van der Waals surface area contributed by atoms with Crippen LogP contribution in [0.5, 0.6) is 0 Å². The summed E-state index contributed by atoms with van der Waals surface area (Å²) in [5, 5.41) is 0. The third kappa shape index (κ3) is 1.76. The normalized spacial score (nSPS) is 19.3. The molecule has 2 aliphatic rings. The molecule has 0 amide bonds. The standard InChI is InChI=1S/C15H16.C2H6/c1-15(2)13-9-5-3-7-11(13)12-8-4-6-10-14(12)15;1-2/h3,5-7,9-10H,4,8H2,1-2H3;1-2H3. The van der Waals surface area contributed by atoms with Gasteiger partial charge in [0.05, 0.1) is 0 Å². The fourth-order valence-corrected chi connectivity index (χ4v) is 2.97. The van der Waals surface area contributed by atoms with E-state index in [0.29, 0.717) is 0 Å². The Hall–Kier alpha value is -1.30. The van der Waals surface area contributed by atoms with Gasteiger partial charge in [0.2, 0.25) is 0 Å². The van der Waals surface area contributed by atoms with Crippen molar-refractivity contribution >= 4 is 5.57 Å². The summed E-state index contributed by atoms with van der Waals surface area (Å²) >= 11 is 0. The zero-order valence-electron chi connectivity index (χ0n) is 11.4. The smallest absolute Gasteiger partial charge is 0.0155 e. The first-order valence-electron chi connectivity index (χ1n) is 6.71. The molecule has 0 spiro atoms. The van der Waals surface area contributed by atoms with Gasteiger partial charge in [-0.25, -0.2) is 0 Å². The summed E-state index contributed by atoms with van der Waals surface area (Å²) in [4.78, 5) is 0. The molecule has 2 aliphatic carbocycles. The highest BCUT2D eigenvalue weighted by Gasteiger charge is 2.36. The largest absolute Gasteiger partial charge is 0.0839 e. The van der Waals surface area contributed by atoms with E-state index in [1.807, 2.05) is 13.8 Å². The lowest BCUT2D eigenvalue weighted by atomic mass is 9.80. The average Bonchev–Trinajstić information content (AvgIpc) is 2.63. The molecule has 1 aromatic rings.